The molecule has 0 bridgehead atoms. The third-order valence-corrected chi connectivity index (χ3v) is 2.11. The zero-order valence-corrected chi connectivity index (χ0v) is 7.37. The minimum Gasteiger partial charge on any atom is -0.234 e. The molecule has 0 aliphatic rings. The standard InChI is InChI=1S/C11H12O/c1-9(8-12)10(2)11-6-4-3-5-7-11/h3-7,10H,1-2H3. The van der Waals surface area contributed by atoms with E-state index in [1.165, 1.54) is 5.56 Å². The van der Waals surface area contributed by atoms with Gasteiger partial charge in [-0.15, -0.1) is 0 Å². The Bertz CT molecular complexity index is 294. The molecule has 1 aromatic carbocycles. The van der Waals surface area contributed by atoms with Crippen molar-refractivity contribution in [2.24, 2.45) is 0 Å². The summed E-state index contributed by atoms with van der Waals surface area (Å²) in [6.07, 6.45) is 0. The molecule has 62 valence electrons. The van der Waals surface area contributed by atoms with Gasteiger partial charge in [0, 0.05) is 11.5 Å². The van der Waals surface area contributed by atoms with E-state index in [-0.39, 0.29) is 5.92 Å². The van der Waals surface area contributed by atoms with Crippen LogP contribution < -0.4 is 0 Å². The predicted molar refractivity (Wildman–Crippen MR) is 49.7 cm³/mol. The van der Waals surface area contributed by atoms with E-state index in [4.69, 9.17) is 0 Å². The molecular formula is C11H12O. The fourth-order valence-corrected chi connectivity index (χ4v) is 1.08. The summed E-state index contributed by atoms with van der Waals surface area (Å²) in [6, 6.07) is 9.96. The second-order valence-corrected chi connectivity index (χ2v) is 2.92. The van der Waals surface area contributed by atoms with Crippen molar-refractivity contribution in [1.29, 1.82) is 0 Å². The summed E-state index contributed by atoms with van der Waals surface area (Å²) in [6.45, 7) is 3.82. The van der Waals surface area contributed by atoms with Crippen LogP contribution >= 0.6 is 0 Å². The monoisotopic (exact) mass is 160 g/mol. The number of benzene rings is 1. The molecule has 12 heavy (non-hydrogen) atoms. The van der Waals surface area contributed by atoms with Crippen molar-refractivity contribution in [3.05, 3.63) is 41.5 Å². The Morgan fingerprint density at radius 2 is 1.92 bits per heavy atom. The molecule has 1 nitrogen and oxygen atoms in total. The van der Waals surface area contributed by atoms with Gasteiger partial charge in [0.2, 0.25) is 0 Å². The zero-order valence-electron chi connectivity index (χ0n) is 7.37. The van der Waals surface area contributed by atoms with Gasteiger partial charge in [0.25, 0.3) is 0 Å². The van der Waals surface area contributed by atoms with Gasteiger partial charge in [-0.05, 0) is 12.5 Å². The van der Waals surface area contributed by atoms with E-state index >= 15 is 0 Å². The Morgan fingerprint density at radius 1 is 1.33 bits per heavy atom. The number of rotatable bonds is 2. The van der Waals surface area contributed by atoms with Crippen LogP contribution in [0.2, 0.25) is 0 Å². The minimum absolute atomic E-state index is 0.184. The first-order valence-corrected chi connectivity index (χ1v) is 4.02. The maximum atomic E-state index is 10.4. The molecule has 0 saturated heterocycles. The Morgan fingerprint density at radius 3 is 2.42 bits per heavy atom. The highest BCUT2D eigenvalue weighted by Crippen LogP contribution is 2.20. The summed E-state index contributed by atoms with van der Waals surface area (Å²) in [5.74, 6) is 2.11. The summed E-state index contributed by atoms with van der Waals surface area (Å²) >= 11 is 0. The van der Waals surface area contributed by atoms with E-state index in [9.17, 15) is 4.79 Å². The molecule has 0 fully saturated rings. The van der Waals surface area contributed by atoms with E-state index in [0.717, 1.165) is 5.57 Å². The Kier molecular flexibility index (Phi) is 2.84. The smallest absolute Gasteiger partial charge is 0.123 e. The van der Waals surface area contributed by atoms with Crippen LogP contribution in [0.1, 0.15) is 25.3 Å². The maximum Gasteiger partial charge on any atom is 0.123 e. The molecule has 1 heteroatoms. The molecule has 0 radical (unpaired) electrons. The van der Waals surface area contributed by atoms with E-state index in [1.807, 2.05) is 50.1 Å². The summed E-state index contributed by atoms with van der Waals surface area (Å²) in [5, 5.41) is 0. The SMILES string of the molecule is CC(=C=O)C(C)c1ccccc1. The number of hydrogen-bond donors (Lipinski definition) is 0. The molecule has 1 aromatic rings. The minimum atomic E-state index is 0.184. The van der Waals surface area contributed by atoms with Crippen LogP contribution in [0.4, 0.5) is 0 Å². The summed E-state index contributed by atoms with van der Waals surface area (Å²) < 4.78 is 0. The summed E-state index contributed by atoms with van der Waals surface area (Å²) in [4.78, 5) is 10.4. The van der Waals surface area contributed by atoms with Crippen LogP contribution in [0.3, 0.4) is 0 Å². The second-order valence-electron chi connectivity index (χ2n) is 2.92. The Labute approximate surface area is 72.7 Å². The molecule has 0 heterocycles. The van der Waals surface area contributed by atoms with Gasteiger partial charge in [-0.1, -0.05) is 37.3 Å². The number of carbonyl (C=O) groups excluding carboxylic acids is 1. The van der Waals surface area contributed by atoms with Gasteiger partial charge in [0.1, 0.15) is 5.94 Å². The molecule has 0 amide bonds. The Balaban J connectivity index is 2.93. The fourth-order valence-electron chi connectivity index (χ4n) is 1.08. The zero-order chi connectivity index (χ0) is 8.97. The first-order chi connectivity index (χ1) is 5.75. The van der Waals surface area contributed by atoms with Gasteiger partial charge in [-0.2, -0.15) is 0 Å². The number of hydrogen-bond acceptors (Lipinski definition) is 1. The van der Waals surface area contributed by atoms with Crippen molar-refractivity contribution in [2.45, 2.75) is 19.8 Å². The normalized spacial score (nSPS) is 11.8. The third-order valence-electron chi connectivity index (χ3n) is 2.11. The molecule has 1 rings (SSSR count). The van der Waals surface area contributed by atoms with E-state index in [1.54, 1.807) is 0 Å². The van der Waals surface area contributed by atoms with Gasteiger partial charge in [-0.3, -0.25) is 0 Å². The highest BCUT2D eigenvalue weighted by molar-refractivity contribution is 5.54. The lowest BCUT2D eigenvalue weighted by atomic mass is 9.95. The molecule has 0 N–H and O–H groups in total. The highest BCUT2D eigenvalue weighted by Gasteiger charge is 2.06. The van der Waals surface area contributed by atoms with E-state index in [0.29, 0.717) is 0 Å². The van der Waals surface area contributed by atoms with Crippen LogP contribution in [0.15, 0.2) is 35.9 Å². The van der Waals surface area contributed by atoms with Crippen molar-refractivity contribution in [3.63, 3.8) is 0 Å². The predicted octanol–water partition coefficient (Wildman–Crippen LogP) is 2.57. The van der Waals surface area contributed by atoms with Gasteiger partial charge >= 0.3 is 0 Å². The van der Waals surface area contributed by atoms with Gasteiger partial charge in [0.05, 0.1) is 0 Å². The third kappa shape index (κ3) is 1.84. The largest absolute Gasteiger partial charge is 0.234 e. The maximum absolute atomic E-state index is 10.4. The fraction of sp³-hybridized carbons (Fsp3) is 0.273. The van der Waals surface area contributed by atoms with Crippen LogP contribution in [0, 0.1) is 0 Å². The first kappa shape index (κ1) is 8.76. The topological polar surface area (TPSA) is 17.1 Å². The summed E-state index contributed by atoms with van der Waals surface area (Å²) in [7, 11) is 0. The molecular weight excluding hydrogens is 148 g/mol. The molecule has 1 atom stereocenters. The molecule has 0 saturated carbocycles. The average molecular weight is 160 g/mol. The van der Waals surface area contributed by atoms with Crippen LogP contribution in [-0.2, 0) is 4.79 Å². The van der Waals surface area contributed by atoms with Crippen LogP contribution in [0.25, 0.3) is 0 Å². The second kappa shape index (κ2) is 3.89. The lowest BCUT2D eigenvalue weighted by Crippen LogP contribution is -1.94. The lowest BCUT2D eigenvalue weighted by Gasteiger charge is -2.08. The first-order valence-electron chi connectivity index (χ1n) is 4.02. The van der Waals surface area contributed by atoms with E-state index < -0.39 is 0 Å². The van der Waals surface area contributed by atoms with Crippen LogP contribution in [-0.4, -0.2) is 5.94 Å². The quantitative estimate of drug-likeness (QED) is 0.608. The van der Waals surface area contributed by atoms with Crippen LogP contribution in [0.5, 0.6) is 0 Å². The van der Waals surface area contributed by atoms with Crippen molar-refractivity contribution < 1.29 is 4.79 Å². The molecule has 0 aromatic heterocycles. The van der Waals surface area contributed by atoms with Gasteiger partial charge < -0.3 is 0 Å². The Hall–Kier alpha value is -1.33. The molecule has 0 spiro atoms. The van der Waals surface area contributed by atoms with Crippen molar-refractivity contribution in [2.75, 3.05) is 0 Å². The number of allylic oxidation sites excluding steroid dienone is 1. The van der Waals surface area contributed by atoms with E-state index in [2.05, 4.69) is 0 Å². The van der Waals surface area contributed by atoms with Crippen molar-refractivity contribution in [3.8, 4) is 0 Å². The average Bonchev–Trinajstić information content (AvgIpc) is 2.17. The molecule has 1 unspecified atom stereocenters. The summed E-state index contributed by atoms with van der Waals surface area (Å²) in [5.41, 5.74) is 1.92. The highest BCUT2D eigenvalue weighted by atomic mass is 16.1. The van der Waals surface area contributed by atoms with Crippen molar-refractivity contribution in [1.82, 2.24) is 0 Å². The molecule has 0 aliphatic carbocycles. The van der Waals surface area contributed by atoms with Gasteiger partial charge in [-0.25, -0.2) is 4.79 Å². The van der Waals surface area contributed by atoms with Crippen molar-refractivity contribution >= 4 is 5.94 Å². The van der Waals surface area contributed by atoms with Gasteiger partial charge in [0.15, 0.2) is 0 Å². The lowest BCUT2D eigenvalue weighted by molar-refractivity contribution is 0.565. The molecule has 0 aliphatic heterocycles.